The summed E-state index contributed by atoms with van der Waals surface area (Å²) in [6.07, 6.45) is 9.91. The third-order valence-electron chi connectivity index (χ3n) is 2.92. The van der Waals surface area contributed by atoms with E-state index in [2.05, 4.69) is 6.92 Å². The van der Waals surface area contributed by atoms with Crippen LogP contribution in [0.15, 0.2) is 22.8 Å². The zero-order valence-electron chi connectivity index (χ0n) is 11.3. The highest BCUT2D eigenvalue weighted by molar-refractivity contribution is 5.69. The third-order valence-corrected chi connectivity index (χ3v) is 2.92. The summed E-state index contributed by atoms with van der Waals surface area (Å²) in [5.74, 6) is 0.714. The second kappa shape index (κ2) is 9.75. The van der Waals surface area contributed by atoms with Crippen molar-refractivity contribution >= 4 is 5.97 Å². The fourth-order valence-corrected chi connectivity index (χ4v) is 1.82. The molecule has 0 saturated heterocycles. The summed E-state index contributed by atoms with van der Waals surface area (Å²) in [6, 6.07) is 3.71. The molecule has 0 aliphatic rings. The van der Waals surface area contributed by atoms with Crippen LogP contribution in [0.1, 0.15) is 57.6 Å². The highest BCUT2D eigenvalue weighted by Gasteiger charge is 2.04. The van der Waals surface area contributed by atoms with Crippen molar-refractivity contribution in [3.05, 3.63) is 24.2 Å². The predicted molar refractivity (Wildman–Crippen MR) is 71.4 cm³/mol. The lowest BCUT2D eigenvalue weighted by atomic mass is 10.1. The van der Waals surface area contributed by atoms with E-state index in [1.54, 1.807) is 6.26 Å². The topological polar surface area (TPSA) is 39.4 Å². The first-order valence-electron chi connectivity index (χ1n) is 7.01. The van der Waals surface area contributed by atoms with Crippen LogP contribution in [-0.4, -0.2) is 12.6 Å². The number of hydrogen-bond acceptors (Lipinski definition) is 3. The van der Waals surface area contributed by atoms with E-state index in [0.29, 0.717) is 19.4 Å². The number of aryl methyl sites for hydroxylation is 1. The molecule has 1 aromatic rings. The molecule has 3 heteroatoms. The standard InChI is InChI=1S/C15H24O3/c1-2-3-4-5-6-7-12-18-15(16)11-10-14-9-8-13-17-14/h8-9,13H,2-7,10-12H2,1H3. The predicted octanol–water partition coefficient (Wildman–Crippen LogP) is 4.12. The average molecular weight is 252 g/mol. The Balaban J connectivity index is 1.90. The SMILES string of the molecule is CCCCCCCCOC(=O)CCc1ccco1. The van der Waals surface area contributed by atoms with Gasteiger partial charge in [-0.2, -0.15) is 0 Å². The van der Waals surface area contributed by atoms with Gasteiger partial charge >= 0.3 is 5.97 Å². The summed E-state index contributed by atoms with van der Waals surface area (Å²) >= 11 is 0. The van der Waals surface area contributed by atoms with Crippen LogP contribution in [0.3, 0.4) is 0 Å². The summed E-state index contributed by atoms with van der Waals surface area (Å²) in [5, 5.41) is 0. The van der Waals surface area contributed by atoms with E-state index in [9.17, 15) is 4.79 Å². The van der Waals surface area contributed by atoms with E-state index in [1.165, 1.54) is 25.7 Å². The fraction of sp³-hybridized carbons (Fsp3) is 0.667. The number of furan rings is 1. The lowest BCUT2D eigenvalue weighted by Crippen LogP contribution is -2.06. The Labute approximate surface area is 110 Å². The van der Waals surface area contributed by atoms with Gasteiger partial charge in [0, 0.05) is 6.42 Å². The number of esters is 1. The molecule has 0 aliphatic heterocycles. The molecule has 0 aliphatic carbocycles. The van der Waals surface area contributed by atoms with Crippen LogP contribution in [-0.2, 0) is 16.0 Å². The monoisotopic (exact) mass is 252 g/mol. The summed E-state index contributed by atoms with van der Waals surface area (Å²) in [7, 11) is 0. The molecule has 0 fully saturated rings. The van der Waals surface area contributed by atoms with Gasteiger partial charge in [0.25, 0.3) is 0 Å². The molecule has 0 aromatic carbocycles. The zero-order chi connectivity index (χ0) is 13.1. The summed E-state index contributed by atoms with van der Waals surface area (Å²) in [5.41, 5.74) is 0. The van der Waals surface area contributed by atoms with Crippen LogP contribution in [0.5, 0.6) is 0 Å². The van der Waals surface area contributed by atoms with Crippen LogP contribution >= 0.6 is 0 Å². The first kappa shape index (κ1) is 14.8. The zero-order valence-corrected chi connectivity index (χ0v) is 11.3. The van der Waals surface area contributed by atoms with Gasteiger partial charge in [0.15, 0.2) is 0 Å². The van der Waals surface area contributed by atoms with Crippen LogP contribution in [0.25, 0.3) is 0 Å². The van der Waals surface area contributed by atoms with E-state index in [1.807, 2.05) is 12.1 Å². The number of hydrogen-bond donors (Lipinski definition) is 0. The second-order valence-corrected chi connectivity index (χ2v) is 4.57. The molecule has 1 aromatic heterocycles. The van der Waals surface area contributed by atoms with Crippen molar-refractivity contribution < 1.29 is 13.9 Å². The molecule has 18 heavy (non-hydrogen) atoms. The first-order valence-corrected chi connectivity index (χ1v) is 7.01. The van der Waals surface area contributed by atoms with E-state index in [-0.39, 0.29) is 5.97 Å². The molecule has 102 valence electrons. The van der Waals surface area contributed by atoms with E-state index < -0.39 is 0 Å². The Morgan fingerprint density at radius 2 is 2.00 bits per heavy atom. The second-order valence-electron chi connectivity index (χ2n) is 4.57. The number of rotatable bonds is 10. The maximum atomic E-state index is 11.4. The third kappa shape index (κ3) is 7.15. The van der Waals surface area contributed by atoms with Gasteiger partial charge in [-0.1, -0.05) is 39.0 Å². The molecule has 0 atom stereocenters. The largest absolute Gasteiger partial charge is 0.469 e. The summed E-state index contributed by atoms with van der Waals surface area (Å²) < 4.78 is 10.3. The first-order chi connectivity index (χ1) is 8.83. The van der Waals surface area contributed by atoms with Gasteiger partial charge in [0.05, 0.1) is 19.3 Å². The Morgan fingerprint density at radius 3 is 2.72 bits per heavy atom. The molecular weight excluding hydrogens is 228 g/mol. The molecule has 3 nitrogen and oxygen atoms in total. The molecule has 0 N–H and O–H groups in total. The van der Waals surface area contributed by atoms with Crippen molar-refractivity contribution in [1.29, 1.82) is 0 Å². The maximum Gasteiger partial charge on any atom is 0.306 e. The Bertz CT molecular complexity index is 304. The molecule has 0 bridgehead atoms. The minimum atomic E-state index is -0.125. The molecule has 1 heterocycles. The Morgan fingerprint density at radius 1 is 1.22 bits per heavy atom. The molecule has 0 amide bonds. The smallest absolute Gasteiger partial charge is 0.306 e. The van der Waals surface area contributed by atoms with Crippen molar-refractivity contribution in [1.82, 2.24) is 0 Å². The average Bonchev–Trinajstić information content (AvgIpc) is 2.88. The van der Waals surface area contributed by atoms with Gasteiger partial charge in [-0.15, -0.1) is 0 Å². The van der Waals surface area contributed by atoms with Crippen molar-refractivity contribution in [2.75, 3.05) is 6.61 Å². The van der Waals surface area contributed by atoms with Crippen molar-refractivity contribution in [3.63, 3.8) is 0 Å². The van der Waals surface area contributed by atoms with Crippen molar-refractivity contribution in [3.8, 4) is 0 Å². The Kier molecular flexibility index (Phi) is 8.02. The van der Waals surface area contributed by atoms with E-state index >= 15 is 0 Å². The minimum absolute atomic E-state index is 0.125. The van der Waals surface area contributed by atoms with Crippen LogP contribution in [0.2, 0.25) is 0 Å². The number of carbonyl (C=O) groups excluding carboxylic acids is 1. The van der Waals surface area contributed by atoms with Gasteiger partial charge < -0.3 is 9.15 Å². The highest BCUT2D eigenvalue weighted by atomic mass is 16.5. The van der Waals surface area contributed by atoms with Gasteiger partial charge in [-0.25, -0.2) is 0 Å². The minimum Gasteiger partial charge on any atom is -0.469 e. The molecular formula is C15H24O3. The van der Waals surface area contributed by atoms with Crippen LogP contribution in [0.4, 0.5) is 0 Å². The normalized spacial score (nSPS) is 10.5. The lowest BCUT2D eigenvalue weighted by Gasteiger charge is -2.04. The summed E-state index contributed by atoms with van der Waals surface area (Å²) in [6.45, 7) is 2.77. The van der Waals surface area contributed by atoms with Crippen molar-refractivity contribution in [2.24, 2.45) is 0 Å². The lowest BCUT2D eigenvalue weighted by molar-refractivity contribution is -0.143. The highest BCUT2D eigenvalue weighted by Crippen LogP contribution is 2.06. The van der Waals surface area contributed by atoms with Gasteiger partial charge in [0.2, 0.25) is 0 Å². The fourth-order valence-electron chi connectivity index (χ4n) is 1.82. The van der Waals surface area contributed by atoms with Crippen molar-refractivity contribution in [2.45, 2.75) is 58.3 Å². The van der Waals surface area contributed by atoms with E-state index in [4.69, 9.17) is 9.15 Å². The van der Waals surface area contributed by atoms with Crippen LogP contribution < -0.4 is 0 Å². The van der Waals surface area contributed by atoms with Crippen LogP contribution in [0, 0.1) is 0 Å². The van der Waals surface area contributed by atoms with Gasteiger partial charge in [-0.3, -0.25) is 4.79 Å². The molecule has 0 spiro atoms. The Hall–Kier alpha value is -1.25. The van der Waals surface area contributed by atoms with Gasteiger partial charge in [0.1, 0.15) is 5.76 Å². The number of carbonyl (C=O) groups is 1. The summed E-state index contributed by atoms with van der Waals surface area (Å²) in [4.78, 5) is 11.4. The van der Waals surface area contributed by atoms with Gasteiger partial charge in [-0.05, 0) is 18.6 Å². The number of unbranched alkanes of at least 4 members (excludes halogenated alkanes) is 5. The molecule has 1 rings (SSSR count). The maximum absolute atomic E-state index is 11.4. The quantitative estimate of drug-likeness (QED) is 0.464. The van der Waals surface area contributed by atoms with E-state index in [0.717, 1.165) is 18.6 Å². The number of ether oxygens (including phenoxy) is 1. The molecule has 0 saturated carbocycles. The molecule has 0 radical (unpaired) electrons. The molecule has 0 unspecified atom stereocenters.